The summed E-state index contributed by atoms with van der Waals surface area (Å²) in [5.41, 5.74) is 0.376. The van der Waals surface area contributed by atoms with Gasteiger partial charge in [0.1, 0.15) is 0 Å². The highest BCUT2D eigenvalue weighted by molar-refractivity contribution is 7.15. The number of nitrogens with one attached hydrogen (secondary N) is 1. The summed E-state index contributed by atoms with van der Waals surface area (Å²) in [7, 11) is 0. The number of amides is 1. The van der Waals surface area contributed by atoms with Crippen molar-refractivity contribution < 1.29 is 18.0 Å². The van der Waals surface area contributed by atoms with Crippen molar-refractivity contribution in [2.45, 2.75) is 19.5 Å². The molecule has 0 unspecified atom stereocenters. The van der Waals surface area contributed by atoms with E-state index < -0.39 is 11.7 Å². The van der Waals surface area contributed by atoms with Gasteiger partial charge in [-0.2, -0.15) is 13.2 Å². The molecule has 0 radical (unpaired) electrons. The number of benzene rings is 1. The van der Waals surface area contributed by atoms with Gasteiger partial charge < -0.3 is 5.32 Å². The van der Waals surface area contributed by atoms with Crippen molar-refractivity contribution in [3.05, 3.63) is 57.2 Å². The second kappa shape index (κ2) is 6.97. The largest absolute Gasteiger partial charge is 0.416 e. The molecule has 0 aliphatic carbocycles. The lowest BCUT2D eigenvalue weighted by Crippen LogP contribution is -2.14. The van der Waals surface area contributed by atoms with Crippen molar-refractivity contribution in [2.75, 3.05) is 5.32 Å². The van der Waals surface area contributed by atoms with Crippen LogP contribution in [-0.4, -0.2) is 10.9 Å². The van der Waals surface area contributed by atoms with Gasteiger partial charge in [-0.3, -0.25) is 4.79 Å². The summed E-state index contributed by atoms with van der Waals surface area (Å²) in [6.45, 7) is 1.87. The van der Waals surface area contributed by atoms with Crippen molar-refractivity contribution in [2.24, 2.45) is 0 Å². The maximum absolute atomic E-state index is 12.6. The molecule has 130 valence electrons. The highest BCUT2D eigenvalue weighted by Crippen LogP contribution is 2.32. The number of carbonyl (C=O) groups is 1. The number of nitrogens with zero attached hydrogens (tertiary/aromatic N) is 1. The van der Waals surface area contributed by atoms with Gasteiger partial charge in [0.25, 0.3) is 0 Å². The lowest BCUT2D eigenvalue weighted by molar-refractivity contribution is -0.137. The van der Waals surface area contributed by atoms with Crippen LogP contribution in [0.15, 0.2) is 41.8 Å². The predicted octanol–water partition coefficient (Wildman–Crippen LogP) is 5.38. The molecule has 0 fully saturated rings. The summed E-state index contributed by atoms with van der Waals surface area (Å²) in [4.78, 5) is 18.5. The molecule has 0 aliphatic rings. The maximum Gasteiger partial charge on any atom is 0.416 e. The van der Waals surface area contributed by atoms with Crippen molar-refractivity contribution in [1.82, 2.24) is 4.98 Å². The monoisotopic (exact) mass is 382 g/mol. The molecule has 1 N–H and O–H groups in total. The van der Waals surface area contributed by atoms with Crippen LogP contribution in [0.5, 0.6) is 0 Å². The number of aryl methyl sites for hydroxylation is 1. The highest BCUT2D eigenvalue weighted by atomic mass is 32.1. The average Bonchev–Trinajstić information content (AvgIpc) is 3.16. The Morgan fingerprint density at radius 3 is 2.52 bits per heavy atom. The number of halogens is 3. The quantitative estimate of drug-likeness (QED) is 0.658. The van der Waals surface area contributed by atoms with Gasteiger partial charge >= 0.3 is 6.18 Å². The van der Waals surface area contributed by atoms with Gasteiger partial charge in [0.05, 0.1) is 27.6 Å². The summed E-state index contributed by atoms with van der Waals surface area (Å²) in [6.07, 6.45) is -4.27. The minimum absolute atomic E-state index is 0.125. The molecule has 0 aliphatic heterocycles. The number of rotatable bonds is 4. The average molecular weight is 382 g/mol. The molecule has 0 bridgehead atoms. The van der Waals surface area contributed by atoms with Crippen LogP contribution in [0.1, 0.15) is 15.4 Å². The minimum Gasteiger partial charge on any atom is -0.326 e. The van der Waals surface area contributed by atoms with E-state index in [0.29, 0.717) is 5.69 Å². The predicted molar refractivity (Wildman–Crippen MR) is 93.9 cm³/mol. The Balaban J connectivity index is 1.71. The van der Waals surface area contributed by atoms with Gasteiger partial charge in [0, 0.05) is 10.6 Å². The fourth-order valence-corrected chi connectivity index (χ4v) is 4.04. The number of hydrogen-bond acceptors (Lipinski definition) is 4. The molecule has 1 aromatic carbocycles. The third-order valence-corrected chi connectivity index (χ3v) is 5.22. The summed E-state index contributed by atoms with van der Waals surface area (Å²) >= 11 is 2.99. The number of carbonyl (C=O) groups excluding carboxylic acids is 1. The van der Waals surface area contributed by atoms with Crippen LogP contribution in [0, 0.1) is 6.92 Å². The molecule has 0 spiro atoms. The first kappa shape index (κ1) is 17.6. The van der Waals surface area contributed by atoms with Crippen molar-refractivity contribution in [3.8, 4) is 10.6 Å². The van der Waals surface area contributed by atoms with Crippen LogP contribution < -0.4 is 5.32 Å². The van der Waals surface area contributed by atoms with E-state index in [4.69, 9.17) is 0 Å². The normalized spacial score (nSPS) is 11.5. The molecule has 2 heterocycles. The van der Waals surface area contributed by atoms with E-state index in [1.54, 1.807) is 11.3 Å². The smallest absolute Gasteiger partial charge is 0.326 e. The Labute approximate surface area is 150 Å². The maximum atomic E-state index is 12.6. The standard InChI is InChI=1S/C17H13F3N2OS2/c1-10-21-16(13-3-2-8-24-13)14(25-10)9-15(23)22-12-6-4-11(5-7-12)17(18,19)20/h2-8H,9H2,1H3,(H,22,23). The Bertz CT molecular complexity index is 868. The minimum atomic E-state index is -4.39. The molecule has 0 saturated heterocycles. The van der Waals surface area contributed by atoms with Crippen molar-refractivity contribution in [1.29, 1.82) is 0 Å². The molecule has 3 nitrogen and oxygen atoms in total. The third-order valence-electron chi connectivity index (χ3n) is 3.38. The Morgan fingerprint density at radius 1 is 1.20 bits per heavy atom. The van der Waals surface area contributed by atoms with E-state index in [-0.39, 0.29) is 12.3 Å². The Kier molecular flexibility index (Phi) is 4.91. The van der Waals surface area contributed by atoms with Crippen LogP contribution in [0.3, 0.4) is 0 Å². The molecule has 1 amide bonds. The first-order valence-electron chi connectivity index (χ1n) is 7.30. The Hall–Kier alpha value is -2.19. The molecule has 2 aromatic heterocycles. The van der Waals surface area contributed by atoms with E-state index in [1.807, 2.05) is 24.4 Å². The van der Waals surface area contributed by atoms with Gasteiger partial charge in [0.2, 0.25) is 5.91 Å². The van der Waals surface area contributed by atoms with Crippen LogP contribution in [0.2, 0.25) is 0 Å². The van der Waals surface area contributed by atoms with E-state index in [9.17, 15) is 18.0 Å². The van der Waals surface area contributed by atoms with E-state index >= 15 is 0 Å². The molecule has 3 rings (SSSR count). The van der Waals surface area contributed by atoms with Crippen molar-refractivity contribution in [3.63, 3.8) is 0 Å². The summed E-state index contributed by atoms with van der Waals surface area (Å²) < 4.78 is 37.7. The topological polar surface area (TPSA) is 42.0 Å². The molecule has 0 saturated carbocycles. The zero-order valence-electron chi connectivity index (χ0n) is 13.1. The molecular formula is C17H13F3N2OS2. The van der Waals surface area contributed by atoms with E-state index in [1.165, 1.54) is 23.5 Å². The van der Waals surface area contributed by atoms with Gasteiger partial charge in [-0.15, -0.1) is 22.7 Å². The first-order valence-corrected chi connectivity index (χ1v) is 9.00. The number of hydrogen-bond donors (Lipinski definition) is 1. The zero-order chi connectivity index (χ0) is 18.0. The third kappa shape index (κ3) is 4.26. The van der Waals surface area contributed by atoms with E-state index in [0.717, 1.165) is 32.6 Å². The lowest BCUT2D eigenvalue weighted by Gasteiger charge is -2.08. The second-order valence-corrected chi connectivity index (χ2v) is 7.52. The molecule has 25 heavy (non-hydrogen) atoms. The number of alkyl halides is 3. The Morgan fingerprint density at radius 2 is 1.92 bits per heavy atom. The SMILES string of the molecule is Cc1nc(-c2cccs2)c(CC(=O)Nc2ccc(C(F)(F)F)cc2)s1. The molecule has 0 atom stereocenters. The summed E-state index contributed by atoms with van der Waals surface area (Å²) in [5.74, 6) is -0.291. The number of aromatic nitrogens is 1. The number of thiazole rings is 1. The molecular weight excluding hydrogens is 369 g/mol. The van der Waals surface area contributed by atoms with Crippen LogP contribution in [0.25, 0.3) is 10.6 Å². The second-order valence-electron chi connectivity index (χ2n) is 5.28. The molecule has 8 heteroatoms. The zero-order valence-corrected chi connectivity index (χ0v) is 14.7. The summed E-state index contributed by atoms with van der Waals surface area (Å²) in [5, 5.41) is 5.43. The van der Waals surface area contributed by atoms with Crippen molar-refractivity contribution >= 4 is 34.3 Å². The number of thiophene rings is 1. The first-order chi connectivity index (χ1) is 11.8. The van der Waals surface area contributed by atoms with Gasteiger partial charge in [-0.05, 0) is 42.6 Å². The van der Waals surface area contributed by atoms with Crippen LogP contribution >= 0.6 is 22.7 Å². The molecule has 3 aromatic rings. The highest BCUT2D eigenvalue weighted by Gasteiger charge is 2.30. The summed E-state index contributed by atoms with van der Waals surface area (Å²) in [6, 6.07) is 8.25. The van der Waals surface area contributed by atoms with Gasteiger partial charge in [0.15, 0.2) is 0 Å². The fourth-order valence-electron chi connectivity index (χ4n) is 2.29. The lowest BCUT2D eigenvalue weighted by atomic mass is 10.2. The number of anilines is 1. The van der Waals surface area contributed by atoms with Gasteiger partial charge in [-0.25, -0.2) is 4.98 Å². The van der Waals surface area contributed by atoms with Crippen LogP contribution in [0.4, 0.5) is 18.9 Å². The van der Waals surface area contributed by atoms with Crippen LogP contribution in [-0.2, 0) is 17.4 Å². The fraction of sp³-hybridized carbons (Fsp3) is 0.176. The van der Waals surface area contributed by atoms with E-state index in [2.05, 4.69) is 10.3 Å². The van der Waals surface area contributed by atoms with Gasteiger partial charge in [-0.1, -0.05) is 6.07 Å².